The van der Waals surface area contributed by atoms with Crippen molar-refractivity contribution in [2.75, 3.05) is 6.26 Å². The Hall–Kier alpha value is -0.280. The summed E-state index contributed by atoms with van der Waals surface area (Å²) in [6.45, 7) is 2.20. The van der Waals surface area contributed by atoms with Gasteiger partial charge >= 0.3 is 0 Å². The molecule has 2 nitrogen and oxygen atoms in total. The van der Waals surface area contributed by atoms with Crippen molar-refractivity contribution in [2.45, 2.75) is 30.3 Å². The second-order valence-corrected chi connectivity index (χ2v) is 4.75. The first kappa shape index (κ1) is 9.28. The van der Waals surface area contributed by atoms with E-state index in [4.69, 9.17) is 11.6 Å². The van der Waals surface area contributed by atoms with Crippen LogP contribution in [0.2, 0.25) is 5.15 Å². The molecule has 1 heterocycles. The molecular weight excluding hydrogens is 204 g/mol. The Balaban J connectivity index is 2.38. The van der Waals surface area contributed by atoms with Gasteiger partial charge in [-0.25, -0.2) is 9.97 Å². The first-order chi connectivity index (χ1) is 6.15. The molecule has 1 aromatic heterocycles. The van der Waals surface area contributed by atoms with Gasteiger partial charge < -0.3 is 0 Å². The van der Waals surface area contributed by atoms with E-state index >= 15 is 0 Å². The fourth-order valence-electron chi connectivity index (χ4n) is 1.31. The van der Waals surface area contributed by atoms with E-state index in [0.717, 1.165) is 10.7 Å². The maximum absolute atomic E-state index is 6.07. The van der Waals surface area contributed by atoms with Crippen molar-refractivity contribution < 1.29 is 0 Å². The number of hydrogen-bond acceptors (Lipinski definition) is 3. The number of hydrogen-bond donors (Lipinski definition) is 0. The molecule has 0 saturated heterocycles. The van der Waals surface area contributed by atoms with Crippen LogP contribution in [0.3, 0.4) is 0 Å². The average molecular weight is 215 g/mol. The molecule has 0 N–H and O–H groups in total. The summed E-state index contributed by atoms with van der Waals surface area (Å²) in [7, 11) is 0. The molecule has 0 bridgehead atoms. The average Bonchev–Trinajstić information content (AvgIpc) is 2.84. The lowest BCUT2D eigenvalue weighted by Crippen LogP contribution is -2.03. The molecule has 0 unspecified atom stereocenters. The van der Waals surface area contributed by atoms with Crippen LogP contribution in [0.4, 0.5) is 0 Å². The Labute approximate surface area is 87.1 Å². The summed E-state index contributed by atoms with van der Waals surface area (Å²) in [5, 5.41) is 1.37. The molecule has 1 aromatic rings. The summed E-state index contributed by atoms with van der Waals surface area (Å²) in [4.78, 5) is 8.45. The zero-order chi connectivity index (χ0) is 9.47. The zero-order valence-electron chi connectivity index (χ0n) is 7.67. The second kappa shape index (κ2) is 3.14. The van der Waals surface area contributed by atoms with Gasteiger partial charge in [0.15, 0.2) is 5.16 Å². The lowest BCUT2D eigenvalue weighted by molar-refractivity contribution is 0.759. The molecule has 0 aliphatic heterocycles. The first-order valence-corrected chi connectivity index (χ1v) is 5.83. The van der Waals surface area contributed by atoms with Crippen LogP contribution in [0, 0.1) is 0 Å². The van der Waals surface area contributed by atoms with Crippen molar-refractivity contribution in [1.29, 1.82) is 0 Å². The molecule has 1 aliphatic carbocycles. The highest BCUT2D eigenvalue weighted by Crippen LogP contribution is 2.49. The van der Waals surface area contributed by atoms with Gasteiger partial charge in [-0.15, -0.1) is 0 Å². The highest BCUT2D eigenvalue weighted by Gasteiger charge is 2.41. The van der Waals surface area contributed by atoms with E-state index in [1.807, 2.05) is 12.5 Å². The molecule has 0 spiro atoms. The normalized spacial score (nSPS) is 18.7. The Bertz CT molecular complexity index is 336. The maximum atomic E-state index is 6.07. The summed E-state index contributed by atoms with van der Waals surface area (Å²) in [6.07, 6.45) is 6.22. The topological polar surface area (TPSA) is 25.8 Å². The third-order valence-corrected chi connectivity index (χ3v) is 3.40. The van der Waals surface area contributed by atoms with E-state index < -0.39 is 0 Å². The maximum Gasteiger partial charge on any atom is 0.188 e. The summed E-state index contributed by atoms with van der Waals surface area (Å²) in [5.41, 5.74) is 1.36. The van der Waals surface area contributed by atoms with Gasteiger partial charge in [-0.3, -0.25) is 0 Å². The third kappa shape index (κ3) is 1.67. The van der Waals surface area contributed by atoms with Crippen LogP contribution in [0.25, 0.3) is 0 Å². The molecule has 0 atom stereocenters. The first-order valence-electron chi connectivity index (χ1n) is 4.23. The van der Waals surface area contributed by atoms with Gasteiger partial charge in [0, 0.05) is 11.8 Å². The van der Waals surface area contributed by atoms with Gasteiger partial charge in [0.25, 0.3) is 0 Å². The summed E-state index contributed by atoms with van der Waals surface area (Å²) in [5.74, 6) is 0. The largest absolute Gasteiger partial charge is 0.231 e. The molecule has 2 rings (SSSR count). The lowest BCUT2D eigenvalue weighted by Gasteiger charge is -2.09. The van der Waals surface area contributed by atoms with Crippen LogP contribution in [0.5, 0.6) is 0 Å². The van der Waals surface area contributed by atoms with Crippen molar-refractivity contribution in [3.63, 3.8) is 0 Å². The molecule has 1 aliphatic rings. The minimum atomic E-state index is 0.258. The Morgan fingerprint density at radius 2 is 2.23 bits per heavy atom. The van der Waals surface area contributed by atoms with Crippen LogP contribution in [-0.4, -0.2) is 16.2 Å². The van der Waals surface area contributed by atoms with E-state index in [-0.39, 0.29) is 5.41 Å². The molecule has 1 fully saturated rings. The van der Waals surface area contributed by atoms with Crippen LogP contribution >= 0.6 is 23.4 Å². The standard InChI is InChI=1S/C9H11ClN2S/c1-9(3-4-9)6-5-11-8(13-2)12-7(6)10/h5H,3-4H2,1-2H3. The van der Waals surface area contributed by atoms with E-state index in [1.54, 1.807) is 0 Å². The molecule has 4 heteroatoms. The van der Waals surface area contributed by atoms with Crippen molar-refractivity contribution in [2.24, 2.45) is 0 Å². The minimum absolute atomic E-state index is 0.258. The van der Waals surface area contributed by atoms with Crippen molar-refractivity contribution in [3.05, 3.63) is 16.9 Å². The fraction of sp³-hybridized carbons (Fsp3) is 0.556. The van der Waals surface area contributed by atoms with Crippen molar-refractivity contribution in [1.82, 2.24) is 9.97 Å². The Morgan fingerprint density at radius 1 is 1.54 bits per heavy atom. The quantitative estimate of drug-likeness (QED) is 0.430. The molecule has 0 aromatic carbocycles. The number of halogens is 1. The van der Waals surface area contributed by atoms with E-state index in [0.29, 0.717) is 5.15 Å². The van der Waals surface area contributed by atoms with Gasteiger partial charge in [-0.05, 0) is 24.5 Å². The van der Waals surface area contributed by atoms with Crippen LogP contribution < -0.4 is 0 Å². The number of rotatable bonds is 2. The van der Waals surface area contributed by atoms with Crippen molar-refractivity contribution in [3.8, 4) is 0 Å². The number of aromatic nitrogens is 2. The minimum Gasteiger partial charge on any atom is -0.231 e. The smallest absolute Gasteiger partial charge is 0.188 e. The van der Waals surface area contributed by atoms with E-state index in [2.05, 4.69) is 16.9 Å². The van der Waals surface area contributed by atoms with E-state index in [9.17, 15) is 0 Å². The number of thioether (sulfide) groups is 1. The van der Waals surface area contributed by atoms with Crippen LogP contribution in [0.15, 0.2) is 11.4 Å². The number of nitrogens with zero attached hydrogens (tertiary/aromatic N) is 2. The van der Waals surface area contributed by atoms with Crippen LogP contribution in [0.1, 0.15) is 25.3 Å². The van der Waals surface area contributed by atoms with E-state index in [1.165, 1.54) is 24.6 Å². The van der Waals surface area contributed by atoms with Gasteiger partial charge in [-0.1, -0.05) is 30.3 Å². The predicted octanol–water partition coefficient (Wildman–Crippen LogP) is 2.90. The Kier molecular flexibility index (Phi) is 2.24. The summed E-state index contributed by atoms with van der Waals surface area (Å²) in [6, 6.07) is 0. The third-order valence-electron chi connectivity index (χ3n) is 2.55. The second-order valence-electron chi connectivity index (χ2n) is 3.62. The van der Waals surface area contributed by atoms with Gasteiger partial charge in [0.05, 0.1) is 0 Å². The van der Waals surface area contributed by atoms with Crippen LogP contribution in [-0.2, 0) is 5.41 Å². The molecule has 70 valence electrons. The van der Waals surface area contributed by atoms with Crippen molar-refractivity contribution >= 4 is 23.4 Å². The van der Waals surface area contributed by atoms with Gasteiger partial charge in [0.2, 0.25) is 0 Å². The SMILES string of the molecule is CSc1ncc(C2(C)CC2)c(Cl)n1. The van der Waals surface area contributed by atoms with Gasteiger partial charge in [-0.2, -0.15) is 0 Å². The molecule has 1 saturated carbocycles. The Morgan fingerprint density at radius 3 is 2.69 bits per heavy atom. The molecular formula is C9H11ClN2S. The molecule has 13 heavy (non-hydrogen) atoms. The summed E-state index contributed by atoms with van der Waals surface area (Å²) >= 11 is 7.58. The molecule has 0 radical (unpaired) electrons. The predicted molar refractivity (Wildman–Crippen MR) is 55.4 cm³/mol. The van der Waals surface area contributed by atoms with Gasteiger partial charge in [0.1, 0.15) is 5.15 Å². The summed E-state index contributed by atoms with van der Waals surface area (Å²) < 4.78 is 0. The molecule has 0 amide bonds. The monoisotopic (exact) mass is 214 g/mol. The lowest BCUT2D eigenvalue weighted by atomic mass is 10.0. The highest BCUT2D eigenvalue weighted by atomic mass is 35.5. The fourth-order valence-corrected chi connectivity index (χ4v) is 2.05. The zero-order valence-corrected chi connectivity index (χ0v) is 9.24. The highest BCUT2D eigenvalue weighted by molar-refractivity contribution is 7.98.